The van der Waals surface area contributed by atoms with Crippen molar-refractivity contribution in [1.29, 1.82) is 0 Å². The van der Waals surface area contributed by atoms with E-state index in [0.29, 0.717) is 6.67 Å². The minimum absolute atomic E-state index is 0.123. The highest BCUT2D eigenvalue weighted by Crippen LogP contribution is 2.17. The van der Waals surface area contributed by atoms with E-state index in [4.69, 9.17) is 0 Å². The summed E-state index contributed by atoms with van der Waals surface area (Å²) in [5.41, 5.74) is 3.73. The molecule has 4 nitrogen and oxygen atoms in total. The minimum atomic E-state index is -0.123. The van der Waals surface area contributed by atoms with E-state index in [1.807, 2.05) is 24.3 Å². The maximum atomic E-state index is 11.2. The van der Waals surface area contributed by atoms with Crippen LogP contribution in [0.4, 0.5) is 10.5 Å². The molecule has 2 N–H and O–H groups in total. The van der Waals surface area contributed by atoms with Crippen molar-refractivity contribution < 1.29 is 4.79 Å². The van der Waals surface area contributed by atoms with Crippen LogP contribution in [-0.2, 0) is 0 Å². The molecule has 0 atom stereocenters. The van der Waals surface area contributed by atoms with E-state index in [1.165, 1.54) is 5.01 Å². The Morgan fingerprint density at radius 2 is 2.00 bits per heavy atom. The number of carbonyl (C=O) groups is 1. The first-order valence-corrected chi connectivity index (χ1v) is 4.64. The summed E-state index contributed by atoms with van der Waals surface area (Å²) in [6, 6.07) is 7.39. The highest BCUT2D eigenvalue weighted by atomic mass is 79.9. The molecule has 1 aromatic carbocycles. The fourth-order valence-electron chi connectivity index (χ4n) is 1.14. The Morgan fingerprint density at radius 1 is 1.31 bits per heavy atom. The highest BCUT2D eigenvalue weighted by molar-refractivity contribution is 9.10. The van der Waals surface area contributed by atoms with Gasteiger partial charge in [0.2, 0.25) is 0 Å². The topological polar surface area (TPSA) is 44.4 Å². The van der Waals surface area contributed by atoms with Crippen molar-refractivity contribution in [3.8, 4) is 0 Å². The summed E-state index contributed by atoms with van der Waals surface area (Å²) in [6.07, 6.45) is 0. The third-order valence-corrected chi connectivity index (χ3v) is 2.29. The molecule has 0 aliphatic carbocycles. The molecule has 1 fully saturated rings. The zero-order chi connectivity index (χ0) is 9.26. The van der Waals surface area contributed by atoms with Gasteiger partial charge >= 0.3 is 6.03 Å². The van der Waals surface area contributed by atoms with Crippen molar-refractivity contribution >= 4 is 27.6 Å². The van der Waals surface area contributed by atoms with Crippen LogP contribution in [0.2, 0.25) is 0 Å². The van der Waals surface area contributed by atoms with Crippen LogP contribution in [0.15, 0.2) is 28.7 Å². The molecular formula is C8H8BrN3O. The summed E-state index contributed by atoms with van der Waals surface area (Å²) in [5, 5.41) is 4.13. The van der Waals surface area contributed by atoms with E-state index >= 15 is 0 Å². The van der Waals surface area contributed by atoms with Gasteiger partial charge in [-0.15, -0.1) is 0 Å². The molecule has 68 valence electrons. The second-order valence-electron chi connectivity index (χ2n) is 2.63. The van der Waals surface area contributed by atoms with Gasteiger partial charge in [-0.2, -0.15) is 0 Å². The number of nitrogens with zero attached hydrogens (tertiary/aromatic N) is 1. The molecule has 0 unspecified atom stereocenters. The molecule has 0 saturated carbocycles. The first kappa shape index (κ1) is 8.52. The van der Waals surface area contributed by atoms with Gasteiger partial charge in [-0.1, -0.05) is 15.9 Å². The van der Waals surface area contributed by atoms with Crippen molar-refractivity contribution in [3.05, 3.63) is 28.7 Å². The number of urea groups is 1. The number of amides is 2. The van der Waals surface area contributed by atoms with Crippen LogP contribution in [0.3, 0.4) is 0 Å². The predicted molar refractivity (Wildman–Crippen MR) is 53.2 cm³/mol. The molecule has 1 aliphatic rings. The van der Waals surface area contributed by atoms with Gasteiger partial charge in [0, 0.05) is 4.47 Å². The Hall–Kier alpha value is -1.07. The van der Waals surface area contributed by atoms with Gasteiger partial charge in [-0.05, 0) is 24.3 Å². The zero-order valence-corrected chi connectivity index (χ0v) is 8.34. The van der Waals surface area contributed by atoms with Gasteiger partial charge < -0.3 is 5.32 Å². The lowest BCUT2D eigenvalue weighted by molar-refractivity contribution is 0.251. The van der Waals surface area contributed by atoms with Crippen molar-refractivity contribution in [2.75, 3.05) is 11.7 Å². The highest BCUT2D eigenvalue weighted by Gasteiger charge is 2.20. The lowest BCUT2D eigenvalue weighted by Crippen LogP contribution is -2.34. The number of hydrogen-bond donors (Lipinski definition) is 2. The number of anilines is 1. The molecule has 2 amide bonds. The fraction of sp³-hybridized carbons (Fsp3) is 0.125. The molecule has 0 bridgehead atoms. The van der Waals surface area contributed by atoms with E-state index in [-0.39, 0.29) is 6.03 Å². The SMILES string of the molecule is O=C1NCNN1c1ccc(Br)cc1. The van der Waals surface area contributed by atoms with Crippen LogP contribution in [0.5, 0.6) is 0 Å². The average Bonchev–Trinajstić information content (AvgIpc) is 2.53. The largest absolute Gasteiger partial charge is 0.337 e. The number of carbonyl (C=O) groups excluding carboxylic acids is 1. The standard InChI is InChI=1S/C8H8BrN3O/c9-6-1-3-7(4-2-6)12-8(13)10-5-11-12/h1-4,11H,5H2,(H,10,13). The zero-order valence-electron chi connectivity index (χ0n) is 6.75. The van der Waals surface area contributed by atoms with Crippen LogP contribution < -0.4 is 15.8 Å². The first-order chi connectivity index (χ1) is 6.27. The third kappa shape index (κ3) is 1.66. The summed E-state index contributed by atoms with van der Waals surface area (Å²) in [6.45, 7) is 0.481. The van der Waals surface area contributed by atoms with E-state index in [0.717, 1.165) is 10.2 Å². The van der Waals surface area contributed by atoms with Crippen LogP contribution in [0.25, 0.3) is 0 Å². The Balaban J connectivity index is 2.25. The summed E-state index contributed by atoms with van der Waals surface area (Å²) in [4.78, 5) is 11.2. The summed E-state index contributed by atoms with van der Waals surface area (Å²) < 4.78 is 0.996. The third-order valence-electron chi connectivity index (χ3n) is 1.76. The quantitative estimate of drug-likeness (QED) is 0.782. The maximum absolute atomic E-state index is 11.2. The van der Waals surface area contributed by atoms with Crippen LogP contribution in [0.1, 0.15) is 0 Å². The predicted octanol–water partition coefficient (Wildman–Crippen LogP) is 1.44. The lowest BCUT2D eigenvalue weighted by atomic mass is 10.3. The number of rotatable bonds is 1. The smallest absolute Gasteiger partial charge is 0.322 e. The maximum Gasteiger partial charge on any atom is 0.337 e. The monoisotopic (exact) mass is 241 g/mol. The van der Waals surface area contributed by atoms with E-state index in [2.05, 4.69) is 26.7 Å². The molecule has 13 heavy (non-hydrogen) atoms. The molecule has 1 saturated heterocycles. The molecule has 1 aromatic rings. The molecule has 2 rings (SSSR count). The lowest BCUT2D eigenvalue weighted by Gasteiger charge is -2.13. The fourth-order valence-corrected chi connectivity index (χ4v) is 1.41. The second kappa shape index (κ2) is 3.35. The summed E-state index contributed by atoms with van der Waals surface area (Å²) in [7, 11) is 0. The Bertz CT molecular complexity index is 325. The van der Waals surface area contributed by atoms with Gasteiger partial charge in [0.05, 0.1) is 12.4 Å². The van der Waals surface area contributed by atoms with Crippen LogP contribution in [0, 0.1) is 0 Å². The summed E-state index contributed by atoms with van der Waals surface area (Å²) in [5.74, 6) is 0. The van der Waals surface area contributed by atoms with E-state index in [9.17, 15) is 4.79 Å². The van der Waals surface area contributed by atoms with E-state index < -0.39 is 0 Å². The molecule has 0 spiro atoms. The molecule has 5 heteroatoms. The number of halogens is 1. The van der Waals surface area contributed by atoms with Gasteiger partial charge in [0.25, 0.3) is 0 Å². The Labute approximate surface area is 84.0 Å². The van der Waals surface area contributed by atoms with Gasteiger partial charge in [0.1, 0.15) is 0 Å². The number of nitrogens with one attached hydrogen (secondary N) is 2. The molecule has 0 radical (unpaired) electrons. The number of benzene rings is 1. The van der Waals surface area contributed by atoms with E-state index in [1.54, 1.807) is 0 Å². The molecular weight excluding hydrogens is 234 g/mol. The second-order valence-corrected chi connectivity index (χ2v) is 3.54. The average molecular weight is 242 g/mol. The van der Waals surface area contributed by atoms with Crippen LogP contribution in [-0.4, -0.2) is 12.7 Å². The molecule has 0 aromatic heterocycles. The van der Waals surface area contributed by atoms with Gasteiger partial charge in [0.15, 0.2) is 0 Å². The van der Waals surface area contributed by atoms with Crippen molar-refractivity contribution in [3.63, 3.8) is 0 Å². The van der Waals surface area contributed by atoms with Crippen molar-refractivity contribution in [2.24, 2.45) is 0 Å². The Morgan fingerprint density at radius 3 is 2.54 bits per heavy atom. The van der Waals surface area contributed by atoms with Crippen molar-refractivity contribution in [1.82, 2.24) is 10.7 Å². The number of hydrazine groups is 1. The van der Waals surface area contributed by atoms with Gasteiger partial charge in [-0.25, -0.2) is 15.2 Å². The normalized spacial score (nSPS) is 16.1. The number of hydrogen-bond acceptors (Lipinski definition) is 2. The van der Waals surface area contributed by atoms with Crippen LogP contribution >= 0.6 is 15.9 Å². The van der Waals surface area contributed by atoms with Gasteiger partial charge in [-0.3, -0.25) is 0 Å². The molecule has 1 heterocycles. The summed E-state index contributed by atoms with van der Waals surface area (Å²) >= 11 is 3.33. The van der Waals surface area contributed by atoms with Crippen molar-refractivity contribution in [2.45, 2.75) is 0 Å². The Kier molecular flexibility index (Phi) is 2.20. The molecule has 1 aliphatic heterocycles. The minimum Gasteiger partial charge on any atom is -0.322 e. The first-order valence-electron chi connectivity index (χ1n) is 3.84.